The highest BCUT2D eigenvalue weighted by molar-refractivity contribution is 7.99. The van der Waals surface area contributed by atoms with Gasteiger partial charge in [0, 0.05) is 58.9 Å². The lowest BCUT2D eigenvalue weighted by atomic mass is 10.1. The van der Waals surface area contributed by atoms with Crippen LogP contribution in [0.15, 0.2) is 77.3 Å². The molecule has 0 fully saturated rings. The smallest absolute Gasteiger partial charge is 0.383 e. The monoisotopic (exact) mass is 564 g/mol. The van der Waals surface area contributed by atoms with Crippen molar-refractivity contribution in [2.45, 2.75) is 23.2 Å². The van der Waals surface area contributed by atoms with Gasteiger partial charge >= 0.3 is 6.18 Å². The molecule has 0 saturated carbocycles. The maximum absolute atomic E-state index is 13.1. The second kappa shape index (κ2) is 11.9. The Balaban J connectivity index is 1.36. The number of aromatic nitrogens is 1. The summed E-state index contributed by atoms with van der Waals surface area (Å²) in [6.45, 7) is 1.62. The zero-order valence-electron chi connectivity index (χ0n) is 20.7. The molecule has 1 aromatic heterocycles. The summed E-state index contributed by atoms with van der Waals surface area (Å²) in [6.07, 6.45) is -3.15. The molecule has 1 unspecified atom stereocenters. The molecule has 2 aromatic carbocycles. The van der Waals surface area contributed by atoms with E-state index in [1.165, 1.54) is 11.8 Å². The molecule has 0 spiro atoms. The van der Waals surface area contributed by atoms with Gasteiger partial charge in [0.2, 0.25) is 0 Å². The van der Waals surface area contributed by atoms with Gasteiger partial charge in [-0.1, -0.05) is 29.8 Å². The van der Waals surface area contributed by atoms with E-state index in [2.05, 4.69) is 10.3 Å². The molecule has 1 amide bonds. The molecule has 2 N–H and O–H groups in total. The molecular weight excluding hydrogens is 537 g/mol. The number of likely N-dealkylation sites (N-methyl/N-ethyl adjacent to an activating group) is 1. The SMILES string of the molecule is CN(CCNc1ccnc2cc(Cl)ccc12)CCN1C(=O)C(CC(F)(F)F)=CC1(O)CSc1ccccc1. The minimum atomic E-state index is -4.55. The Labute approximate surface area is 228 Å². The second-order valence-electron chi connectivity index (χ2n) is 9.15. The average molecular weight is 565 g/mol. The molecule has 2 heterocycles. The van der Waals surface area contributed by atoms with Crippen molar-refractivity contribution < 1.29 is 23.1 Å². The highest BCUT2D eigenvalue weighted by Crippen LogP contribution is 2.36. The van der Waals surface area contributed by atoms with Crippen molar-refractivity contribution in [1.82, 2.24) is 14.8 Å². The third-order valence-corrected chi connectivity index (χ3v) is 7.61. The van der Waals surface area contributed by atoms with Crippen LogP contribution >= 0.6 is 23.4 Å². The number of nitrogens with zero attached hydrogens (tertiary/aromatic N) is 3. The predicted molar refractivity (Wildman–Crippen MR) is 145 cm³/mol. The van der Waals surface area contributed by atoms with Crippen molar-refractivity contribution in [1.29, 1.82) is 0 Å². The highest BCUT2D eigenvalue weighted by Gasteiger charge is 2.46. The Bertz CT molecular complexity index is 1310. The fourth-order valence-corrected chi connectivity index (χ4v) is 5.41. The summed E-state index contributed by atoms with van der Waals surface area (Å²) in [5.41, 5.74) is -0.557. The molecule has 6 nitrogen and oxygen atoms in total. The first-order valence-corrected chi connectivity index (χ1v) is 13.4. The Morgan fingerprint density at radius 3 is 2.66 bits per heavy atom. The molecule has 0 saturated heterocycles. The maximum Gasteiger partial charge on any atom is 0.393 e. The van der Waals surface area contributed by atoms with E-state index in [-0.39, 0.29) is 12.3 Å². The second-order valence-corrected chi connectivity index (χ2v) is 10.6. The molecule has 0 aliphatic carbocycles. The number of nitrogens with one attached hydrogen (secondary N) is 1. The number of hydrogen-bond acceptors (Lipinski definition) is 6. The number of thioether (sulfide) groups is 1. The number of aliphatic hydroxyl groups is 1. The Hall–Kier alpha value is -2.79. The topological polar surface area (TPSA) is 68.7 Å². The molecular formula is C27H28ClF3N4O2S. The van der Waals surface area contributed by atoms with E-state index in [1.54, 1.807) is 18.3 Å². The summed E-state index contributed by atoms with van der Waals surface area (Å²) in [4.78, 5) is 21.2. The largest absolute Gasteiger partial charge is 0.393 e. The zero-order valence-corrected chi connectivity index (χ0v) is 22.3. The lowest BCUT2D eigenvalue weighted by Gasteiger charge is -2.34. The molecule has 3 aromatic rings. The fraction of sp³-hybridized carbons (Fsp3) is 0.333. The van der Waals surface area contributed by atoms with Gasteiger partial charge < -0.3 is 20.2 Å². The zero-order chi connectivity index (χ0) is 27.3. The summed E-state index contributed by atoms with van der Waals surface area (Å²) in [7, 11) is 1.86. The standard InChI is InChI=1S/C27H28ClF3N4O2S/c1-34(12-11-33-23-9-10-32-24-15-20(28)7-8-22(23)24)13-14-35-25(36)19(17-27(29,30)31)16-26(35,37)18-38-21-5-3-2-4-6-21/h2-10,15-16,37H,11-14,17-18H2,1H3,(H,32,33). The average Bonchev–Trinajstić information content (AvgIpc) is 3.09. The van der Waals surface area contributed by atoms with Gasteiger partial charge in [0.1, 0.15) is 0 Å². The van der Waals surface area contributed by atoms with Crippen LogP contribution in [0.1, 0.15) is 6.42 Å². The van der Waals surface area contributed by atoms with E-state index >= 15 is 0 Å². The Kier molecular flexibility index (Phi) is 8.87. The van der Waals surface area contributed by atoms with Crippen molar-refractivity contribution in [3.05, 3.63) is 77.5 Å². The molecule has 4 rings (SSSR count). The van der Waals surface area contributed by atoms with Gasteiger partial charge in [-0.15, -0.1) is 11.8 Å². The first-order valence-electron chi connectivity index (χ1n) is 12.0. The fourth-order valence-electron chi connectivity index (χ4n) is 4.27. The normalized spacial score (nSPS) is 17.9. The molecule has 0 radical (unpaired) electrons. The first-order chi connectivity index (χ1) is 18.0. The van der Waals surface area contributed by atoms with Crippen LogP contribution in [0, 0.1) is 0 Å². The van der Waals surface area contributed by atoms with Crippen molar-refractivity contribution >= 4 is 45.9 Å². The van der Waals surface area contributed by atoms with Crippen molar-refractivity contribution in [3.63, 3.8) is 0 Å². The third-order valence-electron chi connectivity index (χ3n) is 6.20. The van der Waals surface area contributed by atoms with E-state index in [0.717, 1.165) is 32.5 Å². The first kappa shape index (κ1) is 28.2. The number of benzene rings is 2. The van der Waals surface area contributed by atoms with Gasteiger partial charge in [0.25, 0.3) is 5.91 Å². The molecule has 202 valence electrons. The van der Waals surface area contributed by atoms with E-state index in [9.17, 15) is 23.1 Å². The van der Waals surface area contributed by atoms with Crippen molar-refractivity contribution in [2.75, 3.05) is 44.3 Å². The van der Waals surface area contributed by atoms with Gasteiger partial charge in [-0.25, -0.2) is 0 Å². The molecule has 1 atom stereocenters. The quantitative estimate of drug-likeness (QED) is 0.303. The molecule has 38 heavy (non-hydrogen) atoms. The van der Waals surface area contributed by atoms with E-state index in [4.69, 9.17) is 11.6 Å². The molecule has 0 bridgehead atoms. The molecule has 1 aliphatic rings. The number of rotatable bonds is 11. The number of anilines is 1. The third kappa shape index (κ3) is 7.19. The number of pyridine rings is 1. The number of halogens is 4. The number of hydrogen-bond donors (Lipinski definition) is 2. The van der Waals surface area contributed by atoms with Crippen LogP contribution in [0.3, 0.4) is 0 Å². The maximum atomic E-state index is 13.1. The summed E-state index contributed by atoms with van der Waals surface area (Å²) >= 11 is 7.34. The van der Waals surface area contributed by atoms with Gasteiger partial charge in [-0.2, -0.15) is 13.2 Å². The number of fused-ring (bicyclic) bond motifs is 1. The van der Waals surface area contributed by atoms with Crippen LogP contribution < -0.4 is 5.32 Å². The van der Waals surface area contributed by atoms with Crippen LogP contribution in [0.25, 0.3) is 10.9 Å². The summed E-state index contributed by atoms with van der Waals surface area (Å²) in [5.74, 6) is -0.763. The van der Waals surface area contributed by atoms with Gasteiger partial charge in [0.15, 0.2) is 5.72 Å². The van der Waals surface area contributed by atoms with Crippen LogP contribution in [-0.4, -0.2) is 76.7 Å². The minimum Gasteiger partial charge on any atom is -0.383 e. The Morgan fingerprint density at radius 1 is 1.16 bits per heavy atom. The summed E-state index contributed by atoms with van der Waals surface area (Å²) in [5, 5.41) is 16.2. The lowest BCUT2D eigenvalue weighted by Crippen LogP contribution is -2.51. The summed E-state index contributed by atoms with van der Waals surface area (Å²) in [6, 6.07) is 16.6. The number of carbonyl (C=O) groups excluding carboxylic acids is 1. The van der Waals surface area contributed by atoms with Crippen LogP contribution in [-0.2, 0) is 4.79 Å². The summed E-state index contributed by atoms with van der Waals surface area (Å²) < 4.78 is 39.3. The van der Waals surface area contributed by atoms with E-state index in [0.29, 0.717) is 24.7 Å². The number of carbonyl (C=O) groups is 1. The lowest BCUT2D eigenvalue weighted by molar-refractivity contribution is -0.145. The van der Waals surface area contributed by atoms with Crippen molar-refractivity contribution in [3.8, 4) is 0 Å². The molecule has 1 aliphatic heterocycles. The van der Waals surface area contributed by atoms with E-state index < -0.39 is 29.8 Å². The van der Waals surface area contributed by atoms with E-state index in [1.807, 2.05) is 54.4 Å². The van der Waals surface area contributed by atoms with Crippen LogP contribution in [0.5, 0.6) is 0 Å². The number of alkyl halides is 3. The predicted octanol–water partition coefficient (Wildman–Crippen LogP) is 5.43. The minimum absolute atomic E-state index is 0.0223. The Morgan fingerprint density at radius 2 is 1.92 bits per heavy atom. The van der Waals surface area contributed by atoms with Crippen LogP contribution in [0.2, 0.25) is 5.02 Å². The van der Waals surface area contributed by atoms with Crippen molar-refractivity contribution in [2.24, 2.45) is 0 Å². The van der Waals surface area contributed by atoms with Crippen LogP contribution in [0.4, 0.5) is 18.9 Å². The van der Waals surface area contributed by atoms with Gasteiger partial charge in [-0.05, 0) is 49.5 Å². The van der Waals surface area contributed by atoms with Gasteiger partial charge in [0.05, 0.1) is 17.7 Å². The van der Waals surface area contributed by atoms with Gasteiger partial charge in [-0.3, -0.25) is 9.78 Å². The number of amides is 1. The molecule has 11 heteroatoms. The highest BCUT2D eigenvalue weighted by atomic mass is 35.5.